The number of benzene rings is 1. The summed E-state index contributed by atoms with van der Waals surface area (Å²) in [6, 6.07) is 6.04. The molecule has 132 valence electrons. The van der Waals surface area contributed by atoms with Gasteiger partial charge in [0.1, 0.15) is 9.71 Å². The van der Waals surface area contributed by atoms with E-state index in [4.69, 9.17) is 5.73 Å². The van der Waals surface area contributed by atoms with Crippen molar-refractivity contribution >= 4 is 59.8 Å². The Morgan fingerprint density at radius 3 is 2.62 bits per heavy atom. The summed E-state index contributed by atoms with van der Waals surface area (Å²) in [4.78, 5) is 23.1. The van der Waals surface area contributed by atoms with Crippen molar-refractivity contribution in [2.24, 2.45) is 0 Å². The van der Waals surface area contributed by atoms with E-state index in [1.54, 1.807) is 0 Å². The van der Waals surface area contributed by atoms with Crippen molar-refractivity contribution in [1.82, 2.24) is 9.97 Å². The summed E-state index contributed by atoms with van der Waals surface area (Å²) in [5.41, 5.74) is 12.0. The van der Waals surface area contributed by atoms with Gasteiger partial charge in [-0.15, -0.1) is 11.3 Å². The van der Waals surface area contributed by atoms with E-state index in [2.05, 4.69) is 21.4 Å². The molecule has 1 amide bonds. The quantitative estimate of drug-likeness (QED) is 0.513. The van der Waals surface area contributed by atoms with Crippen LogP contribution in [0.2, 0.25) is 0 Å². The number of fused-ring (bicyclic) bond motifs is 2. The SMILES string of the molecule is Cc1ccc2nc(NC(=O)c3sc4nc(C)c(C)c(C)c4c3N)sc2c1. The van der Waals surface area contributed by atoms with E-state index >= 15 is 0 Å². The van der Waals surface area contributed by atoms with Gasteiger partial charge in [0, 0.05) is 11.1 Å². The number of aryl methyl sites for hydroxylation is 3. The molecule has 0 aliphatic rings. The number of thiophene rings is 1. The topological polar surface area (TPSA) is 80.9 Å². The summed E-state index contributed by atoms with van der Waals surface area (Å²) in [6.45, 7) is 8.05. The van der Waals surface area contributed by atoms with E-state index in [0.717, 1.165) is 37.3 Å². The Balaban J connectivity index is 1.73. The van der Waals surface area contributed by atoms with E-state index in [1.165, 1.54) is 28.2 Å². The van der Waals surface area contributed by atoms with Gasteiger partial charge in [0.05, 0.1) is 15.9 Å². The van der Waals surface area contributed by atoms with Gasteiger partial charge >= 0.3 is 0 Å². The number of hydrogen-bond acceptors (Lipinski definition) is 6. The van der Waals surface area contributed by atoms with Crippen LogP contribution in [-0.2, 0) is 0 Å². The summed E-state index contributed by atoms with van der Waals surface area (Å²) in [7, 11) is 0. The van der Waals surface area contributed by atoms with E-state index in [1.807, 2.05) is 39.8 Å². The van der Waals surface area contributed by atoms with Crippen LogP contribution in [0.1, 0.15) is 32.1 Å². The Kier molecular flexibility index (Phi) is 3.93. The number of anilines is 2. The highest BCUT2D eigenvalue weighted by Crippen LogP contribution is 2.37. The van der Waals surface area contributed by atoms with E-state index in [9.17, 15) is 4.79 Å². The molecule has 0 saturated carbocycles. The lowest BCUT2D eigenvalue weighted by Crippen LogP contribution is -2.11. The molecular weight excluding hydrogens is 364 g/mol. The molecule has 26 heavy (non-hydrogen) atoms. The molecule has 0 unspecified atom stereocenters. The zero-order valence-corrected chi connectivity index (χ0v) is 16.6. The van der Waals surface area contributed by atoms with E-state index < -0.39 is 0 Å². The Labute approximate surface area is 158 Å². The lowest BCUT2D eigenvalue weighted by molar-refractivity contribution is 0.103. The first-order valence-corrected chi connectivity index (χ1v) is 9.82. The standard InChI is InChI=1S/C19H18N4OS2/c1-8-5-6-12-13(7-8)25-19(22-12)23-17(24)16-15(20)14-10(3)9(2)11(4)21-18(14)26-16/h5-7H,20H2,1-4H3,(H,22,23,24). The number of nitrogen functional groups attached to an aromatic ring is 1. The maximum absolute atomic E-state index is 12.8. The molecule has 0 aliphatic heterocycles. The number of aromatic nitrogens is 2. The van der Waals surface area contributed by atoms with Crippen molar-refractivity contribution in [3.8, 4) is 0 Å². The average molecular weight is 383 g/mol. The fourth-order valence-corrected chi connectivity index (χ4v) is 5.03. The number of nitrogens with one attached hydrogen (secondary N) is 1. The third-order valence-corrected chi connectivity index (χ3v) is 6.68. The maximum atomic E-state index is 12.8. The van der Waals surface area contributed by atoms with Gasteiger partial charge in [0.25, 0.3) is 5.91 Å². The first-order valence-electron chi connectivity index (χ1n) is 8.19. The largest absolute Gasteiger partial charge is 0.397 e. The molecule has 4 aromatic rings. The molecule has 3 N–H and O–H groups in total. The van der Waals surface area contributed by atoms with Gasteiger partial charge in [-0.25, -0.2) is 9.97 Å². The molecule has 0 bridgehead atoms. The average Bonchev–Trinajstić information content (AvgIpc) is 3.12. The van der Waals surface area contributed by atoms with Gasteiger partial charge in [-0.1, -0.05) is 17.4 Å². The summed E-state index contributed by atoms with van der Waals surface area (Å²) < 4.78 is 1.05. The number of amides is 1. The predicted molar refractivity (Wildman–Crippen MR) is 111 cm³/mol. The number of thiazole rings is 1. The third kappa shape index (κ3) is 2.64. The molecule has 7 heteroatoms. The minimum Gasteiger partial charge on any atom is -0.397 e. The van der Waals surface area contributed by atoms with Crippen molar-refractivity contribution in [3.05, 3.63) is 45.5 Å². The highest BCUT2D eigenvalue weighted by molar-refractivity contribution is 7.23. The fourth-order valence-electron chi connectivity index (χ4n) is 2.98. The summed E-state index contributed by atoms with van der Waals surface area (Å²) >= 11 is 2.79. The minimum absolute atomic E-state index is 0.240. The van der Waals surface area contributed by atoms with Crippen molar-refractivity contribution in [1.29, 1.82) is 0 Å². The zero-order chi connectivity index (χ0) is 18.6. The second kappa shape index (κ2) is 6.03. The molecule has 0 fully saturated rings. The van der Waals surface area contributed by atoms with Crippen LogP contribution in [0.3, 0.4) is 0 Å². The van der Waals surface area contributed by atoms with Crippen molar-refractivity contribution in [3.63, 3.8) is 0 Å². The van der Waals surface area contributed by atoms with Crippen LogP contribution in [0.15, 0.2) is 18.2 Å². The number of hydrogen-bond donors (Lipinski definition) is 2. The number of nitrogens with two attached hydrogens (primary N) is 1. The second-order valence-corrected chi connectivity index (χ2v) is 8.45. The van der Waals surface area contributed by atoms with Crippen LogP contribution in [0, 0.1) is 27.7 Å². The van der Waals surface area contributed by atoms with Crippen LogP contribution < -0.4 is 11.1 Å². The molecule has 3 heterocycles. The molecule has 5 nitrogen and oxygen atoms in total. The van der Waals surface area contributed by atoms with Gasteiger partial charge in [0.2, 0.25) is 0 Å². The molecule has 0 atom stereocenters. The highest BCUT2D eigenvalue weighted by atomic mass is 32.1. The van der Waals surface area contributed by atoms with Crippen LogP contribution in [-0.4, -0.2) is 15.9 Å². The van der Waals surface area contributed by atoms with Gasteiger partial charge < -0.3 is 5.73 Å². The summed E-state index contributed by atoms with van der Waals surface area (Å²) in [6.07, 6.45) is 0. The molecule has 3 aromatic heterocycles. The maximum Gasteiger partial charge on any atom is 0.269 e. The number of carbonyl (C=O) groups is 1. The van der Waals surface area contributed by atoms with Crippen molar-refractivity contribution in [2.45, 2.75) is 27.7 Å². The van der Waals surface area contributed by atoms with Crippen LogP contribution in [0.25, 0.3) is 20.4 Å². The smallest absolute Gasteiger partial charge is 0.269 e. The zero-order valence-electron chi connectivity index (χ0n) is 14.9. The second-order valence-electron chi connectivity index (χ2n) is 6.42. The predicted octanol–water partition coefficient (Wildman–Crippen LogP) is 4.97. The lowest BCUT2D eigenvalue weighted by atomic mass is 10.1. The Morgan fingerprint density at radius 1 is 1.08 bits per heavy atom. The first-order chi connectivity index (χ1) is 12.3. The molecular formula is C19H18N4OS2. The van der Waals surface area contributed by atoms with Crippen LogP contribution in [0.4, 0.5) is 10.8 Å². The normalized spacial score (nSPS) is 11.4. The Bertz CT molecular complexity index is 1190. The third-order valence-electron chi connectivity index (χ3n) is 4.65. The first kappa shape index (κ1) is 16.9. The molecule has 1 aromatic carbocycles. The van der Waals surface area contributed by atoms with Gasteiger partial charge in [-0.3, -0.25) is 10.1 Å². The molecule has 0 radical (unpaired) electrons. The molecule has 0 spiro atoms. The number of pyridine rings is 1. The lowest BCUT2D eigenvalue weighted by Gasteiger charge is -2.05. The molecule has 0 aliphatic carbocycles. The minimum atomic E-state index is -0.240. The summed E-state index contributed by atoms with van der Waals surface area (Å²) in [5, 5.41) is 4.34. The van der Waals surface area contributed by atoms with Crippen LogP contribution >= 0.6 is 22.7 Å². The highest BCUT2D eigenvalue weighted by Gasteiger charge is 2.21. The van der Waals surface area contributed by atoms with E-state index in [0.29, 0.717) is 15.7 Å². The Morgan fingerprint density at radius 2 is 1.85 bits per heavy atom. The fraction of sp³-hybridized carbons (Fsp3) is 0.211. The monoisotopic (exact) mass is 382 g/mol. The Hall–Kier alpha value is -2.51. The molecule has 0 saturated heterocycles. The van der Waals surface area contributed by atoms with Crippen molar-refractivity contribution < 1.29 is 4.79 Å². The van der Waals surface area contributed by atoms with E-state index in [-0.39, 0.29) is 5.91 Å². The van der Waals surface area contributed by atoms with Gasteiger partial charge in [0.15, 0.2) is 5.13 Å². The van der Waals surface area contributed by atoms with Gasteiger partial charge in [-0.05, 0) is 56.5 Å². The number of carbonyl (C=O) groups excluding carboxylic acids is 1. The van der Waals surface area contributed by atoms with Gasteiger partial charge in [-0.2, -0.15) is 0 Å². The number of rotatable bonds is 2. The molecule has 4 rings (SSSR count). The number of nitrogens with zero attached hydrogens (tertiary/aromatic N) is 2. The summed E-state index contributed by atoms with van der Waals surface area (Å²) in [5.74, 6) is -0.240. The van der Waals surface area contributed by atoms with Crippen molar-refractivity contribution in [2.75, 3.05) is 11.1 Å². The van der Waals surface area contributed by atoms with Crippen LogP contribution in [0.5, 0.6) is 0 Å².